The molecule has 0 saturated carbocycles. The van der Waals surface area contributed by atoms with Gasteiger partial charge in [0.1, 0.15) is 6.04 Å². The fourth-order valence-electron chi connectivity index (χ4n) is 1.97. The second-order valence-corrected chi connectivity index (χ2v) is 4.15. The van der Waals surface area contributed by atoms with E-state index < -0.39 is 12.0 Å². The van der Waals surface area contributed by atoms with Crippen molar-refractivity contribution in [3.63, 3.8) is 0 Å². The summed E-state index contributed by atoms with van der Waals surface area (Å²) in [6, 6.07) is 6.75. The number of carbonyl (C=O) groups is 2. The number of fused-ring (bicyclic) bond motifs is 1. The largest absolute Gasteiger partial charge is 0.480 e. The summed E-state index contributed by atoms with van der Waals surface area (Å²) in [5.74, 6) is -1.38. The fraction of sp³-hybridized carbons (Fsp3) is 0.231. The van der Waals surface area contributed by atoms with Gasteiger partial charge in [0.15, 0.2) is 0 Å². The number of carboxylic acids is 1. The standard InChI is InChI=1S/C13H14N2O3.11H3N/c1-8(16)15-12(13(17)18)6-9-7-14-11-5-3-2-4-10(9)11;;;;;;;;;;;/h2-5,7,12,14H,6H2,1H3,(H,15,16)(H,17,18);11*1H3. The molecule has 1 amide bonds. The quantitative estimate of drug-likeness (QED) is 0.329. The van der Waals surface area contributed by atoms with Crippen LogP contribution in [-0.4, -0.2) is 28.0 Å². The number of amides is 1. The Balaban J connectivity index is -0.0000000410. The molecular formula is C13H47N13O3. The molecule has 0 aliphatic rings. The van der Waals surface area contributed by atoms with Gasteiger partial charge in [-0.2, -0.15) is 0 Å². The van der Waals surface area contributed by atoms with Crippen molar-refractivity contribution in [1.82, 2.24) is 78.0 Å². The van der Waals surface area contributed by atoms with Crippen LogP contribution in [0.25, 0.3) is 10.9 Å². The van der Waals surface area contributed by atoms with E-state index in [1.165, 1.54) is 6.92 Å². The van der Waals surface area contributed by atoms with Gasteiger partial charge in [0.2, 0.25) is 5.91 Å². The predicted octanol–water partition coefficient (Wildman–Crippen LogP) is 3.08. The first-order chi connectivity index (χ1) is 8.58. The maximum Gasteiger partial charge on any atom is 0.326 e. The average molecular weight is 434 g/mol. The first kappa shape index (κ1) is 63.4. The smallest absolute Gasteiger partial charge is 0.326 e. The highest BCUT2D eigenvalue weighted by Gasteiger charge is 2.20. The number of para-hydroxylation sites is 1. The summed E-state index contributed by atoms with van der Waals surface area (Å²) >= 11 is 0. The Kier molecular flexibility index (Phi) is 60.1. The molecule has 0 bridgehead atoms. The van der Waals surface area contributed by atoms with Crippen molar-refractivity contribution >= 4 is 22.8 Å². The van der Waals surface area contributed by atoms with Gasteiger partial charge in [0, 0.05) is 30.4 Å². The Hall–Kier alpha value is -2.74. The van der Waals surface area contributed by atoms with Crippen LogP contribution in [0.2, 0.25) is 0 Å². The number of nitrogens with one attached hydrogen (secondary N) is 2. The van der Waals surface area contributed by atoms with Crippen LogP contribution < -0.4 is 73.0 Å². The van der Waals surface area contributed by atoms with Crippen LogP contribution in [0.5, 0.6) is 0 Å². The number of carbonyl (C=O) groups excluding carboxylic acids is 1. The third-order valence-corrected chi connectivity index (χ3v) is 2.77. The molecule has 0 radical (unpaired) electrons. The van der Waals surface area contributed by atoms with Crippen molar-refractivity contribution in [1.29, 1.82) is 0 Å². The summed E-state index contributed by atoms with van der Waals surface area (Å²) < 4.78 is 0. The van der Waals surface area contributed by atoms with Gasteiger partial charge in [0.25, 0.3) is 0 Å². The topological polar surface area (TPSA) is 467 Å². The number of hydrogen-bond acceptors (Lipinski definition) is 13. The molecule has 16 heteroatoms. The predicted molar refractivity (Wildman–Crippen MR) is 122 cm³/mol. The SMILES string of the molecule is CC(=O)NC(Cc1c[nH]c2ccccc12)C(=O)O.N.N.N.N.N.N.N.N.N.N.N. The number of benzene rings is 1. The Morgan fingerprint density at radius 3 is 1.76 bits per heavy atom. The molecule has 1 aromatic carbocycles. The number of H-pyrrole nitrogens is 1. The highest BCUT2D eigenvalue weighted by molar-refractivity contribution is 5.86. The van der Waals surface area contributed by atoms with E-state index in [1.54, 1.807) is 6.20 Å². The molecule has 1 aromatic heterocycles. The molecular weight excluding hydrogens is 386 g/mol. The van der Waals surface area contributed by atoms with Crippen molar-refractivity contribution in [2.75, 3.05) is 0 Å². The number of aromatic amines is 1. The van der Waals surface area contributed by atoms with Crippen molar-refractivity contribution in [2.24, 2.45) is 0 Å². The number of aromatic nitrogens is 1. The van der Waals surface area contributed by atoms with E-state index in [1.807, 2.05) is 24.3 Å². The van der Waals surface area contributed by atoms with Gasteiger partial charge >= 0.3 is 5.97 Å². The molecule has 0 aliphatic heterocycles. The van der Waals surface area contributed by atoms with Gasteiger partial charge in [0.05, 0.1) is 0 Å². The first-order valence-corrected chi connectivity index (χ1v) is 5.63. The van der Waals surface area contributed by atoms with E-state index in [0.29, 0.717) is 0 Å². The molecule has 1 heterocycles. The van der Waals surface area contributed by atoms with Crippen LogP contribution in [0, 0.1) is 0 Å². The highest BCUT2D eigenvalue weighted by Crippen LogP contribution is 2.19. The number of carboxylic acid groups (broad SMARTS) is 1. The zero-order valence-electron chi connectivity index (χ0n) is 17.7. The maximum absolute atomic E-state index is 11.1. The summed E-state index contributed by atoms with van der Waals surface area (Å²) in [5.41, 5.74) is 1.84. The van der Waals surface area contributed by atoms with Crippen LogP contribution >= 0.6 is 0 Å². The lowest BCUT2D eigenvalue weighted by molar-refractivity contribution is -0.141. The molecule has 36 N–H and O–H groups in total. The molecule has 0 saturated heterocycles. The Labute approximate surface area is 171 Å². The minimum atomic E-state index is -1.03. The second kappa shape index (κ2) is 27.5. The van der Waals surface area contributed by atoms with Gasteiger partial charge < -0.3 is 83.1 Å². The van der Waals surface area contributed by atoms with E-state index in [2.05, 4.69) is 10.3 Å². The van der Waals surface area contributed by atoms with Crippen LogP contribution in [0.3, 0.4) is 0 Å². The molecule has 0 aliphatic carbocycles. The third kappa shape index (κ3) is 16.0. The normalized spacial score (nSPS) is 7.62. The summed E-state index contributed by atoms with van der Waals surface area (Å²) in [6.45, 7) is 1.31. The van der Waals surface area contributed by atoms with E-state index >= 15 is 0 Å². The Bertz CT molecular complexity index is 608. The van der Waals surface area contributed by atoms with Crippen molar-refractivity contribution in [3.8, 4) is 0 Å². The van der Waals surface area contributed by atoms with Gasteiger partial charge in [-0.25, -0.2) is 4.79 Å². The molecule has 0 fully saturated rings. The minimum absolute atomic E-state index is 0. The molecule has 2 aromatic rings. The summed E-state index contributed by atoms with van der Waals surface area (Å²) in [4.78, 5) is 25.1. The molecule has 0 spiro atoms. The molecule has 182 valence electrons. The van der Waals surface area contributed by atoms with E-state index in [9.17, 15) is 9.59 Å². The van der Waals surface area contributed by atoms with Crippen LogP contribution in [0.4, 0.5) is 0 Å². The minimum Gasteiger partial charge on any atom is -0.480 e. The van der Waals surface area contributed by atoms with Crippen LogP contribution in [0.15, 0.2) is 30.5 Å². The fourth-order valence-corrected chi connectivity index (χ4v) is 1.97. The zero-order valence-corrected chi connectivity index (χ0v) is 17.7. The zero-order chi connectivity index (χ0) is 13.1. The van der Waals surface area contributed by atoms with Gasteiger partial charge in [-0.1, -0.05) is 18.2 Å². The number of aliphatic carboxylic acids is 1. The Morgan fingerprint density at radius 2 is 1.34 bits per heavy atom. The lowest BCUT2D eigenvalue weighted by Gasteiger charge is -2.12. The van der Waals surface area contributed by atoms with E-state index in [4.69, 9.17) is 5.11 Å². The van der Waals surface area contributed by atoms with Gasteiger partial charge in [-0.05, 0) is 11.6 Å². The molecule has 1 atom stereocenters. The van der Waals surface area contributed by atoms with Crippen molar-refractivity contribution in [3.05, 3.63) is 36.0 Å². The van der Waals surface area contributed by atoms with Gasteiger partial charge in [-0.3, -0.25) is 4.79 Å². The van der Waals surface area contributed by atoms with E-state index in [-0.39, 0.29) is 80.0 Å². The molecule has 1 unspecified atom stereocenters. The summed E-state index contributed by atoms with van der Waals surface area (Å²) in [7, 11) is 0. The molecule has 2 rings (SSSR count). The lowest BCUT2D eigenvalue weighted by Crippen LogP contribution is -2.41. The molecule has 16 nitrogen and oxygen atoms in total. The first-order valence-electron chi connectivity index (χ1n) is 5.63. The third-order valence-electron chi connectivity index (χ3n) is 2.77. The van der Waals surface area contributed by atoms with Gasteiger partial charge in [-0.15, -0.1) is 0 Å². The lowest BCUT2D eigenvalue weighted by atomic mass is 10.1. The number of hydrogen-bond donors (Lipinski definition) is 14. The highest BCUT2D eigenvalue weighted by atomic mass is 16.4. The van der Waals surface area contributed by atoms with Crippen molar-refractivity contribution < 1.29 is 14.7 Å². The monoisotopic (exact) mass is 433 g/mol. The maximum atomic E-state index is 11.1. The average Bonchev–Trinajstić information content (AvgIpc) is 2.71. The van der Waals surface area contributed by atoms with Crippen LogP contribution in [-0.2, 0) is 16.0 Å². The molecule has 29 heavy (non-hydrogen) atoms. The van der Waals surface area contributed by atoms with Crippen LogP contribution in [0.1, 0.15) is 12.5 Å². The number of rotatable bonds is 4. The van der Waals surface area contributed by atoms with Crippen molar-refractivity contribution in [2.45, 2.75) is 19.4 Å². The van der Waals surface area contributed by atoms with E-state index in [0.717, 1.165) is 16.5 Å². The summed E-state index contributed by atoms with van der Waals surface area (Å²) in [6.07, 6.45) is 2.04. The summed E-state index contributed by atoms with van der Waals surface area (Å²) in [5, 5.41) is 12.5. The second-order valence-electron chi connectivity index (χ2n) is 4.15. The Morgan fingerprint density at radius 1 is 0.897 bits per heavy atom.